The first-order valence-electron chi connectivity index (χ1n) is 5.26. The Morgan fingerprint density at radius 1 is 1.33 bits per heavy atom. The van der Waals surface area contributed by atoms with Crippen molar-refractivity contribution < 1.29 is 0 Å². The van der Waals surface area contributed by atoms with Crippen molar-refractivity contribution in [3.05, 3.63) is 21.0 Å². The van der Waals surface area contributed by atoms with E-state index < -0.39 is 0 Å². The van der Waals surface area contributed by atoms with Crippen molar-refractivity contribution in [3.63, 3.8) is 0 Å². The molecular weight excluding hydrogens is 196 g/mol. The molecule has 0 bridgehead atoms. The topological polar surface area (TPSA) is 82.7 Å². The minimum absolute atomic E-state index is 0.349. The molecule has 0 spiro atoms. The summed E-state index contributed by atoms with van der Waals surface area (Å²) in [6.45, 7) is 4.55. The van der Waals surface area contributed by atoms with Gasteiger partial charge in [-0.15, -0.1) is 0 Å². The molecule has 2 atom stereocenters. The predicted molar refractivity (Wildman–Crippen MR) is 55.8 cm³/mol. The number of H-pyrrole nitrogens is 2. The smallest absolute Gasteiger partial charge is 0.316 e. The summed E-state index contributed by atoms with van der Waals surface area (Å²) in [5, 5.41) is 7.86. The van der Waals surface area contributed by atoms with Crippen LogP contribution in [0.3, 0.4) is 0 Å². The standard InChI is InChI=1S/C9H16N4O2/c1-6-2-3-10-4-7(6)5-13-8(14)11-12-9(13)15/h6-7,10H,2-5H2,1H3,(H,11,14)(H,12,15). The van der Waals surface area contributed by atoms with Crippen LogP contribution >= 0.6 is 0 Å². The normalized spacial score (nSPS) is 26.7. The van der Waals surface area contributed by atoms with E-state index in [0.717, 1.165) is 19.5 Å². The Labute approximate surface area is 86.7 Å². The van der Waals surface area contributed by atoms with Crippen molar-refractivity contribution in [1.82, 2.24) is 20.1 Å². The average molecular weight is 212 g/mol. The number of hydrogen-bond acceptors (Lipinski definition) is 3. The van der Waals surface area contributed by atoms with Gasteiger partial charge in [0.25, 0.3) is 0 Å². The summed E-state index contributed by atoms with van der Waals surface area (Å²) in [7, 11) is 0. The number of hydrogen-bond donors (Lipinski definition) is 3. The van der Waals surface area contributed by atoms with Crippen LogP contribution in [0.25, 0.3) is 0 Å². The fourth-order valence-electron chi connectivity index (χ4n) is 2.03. The molecule has 0 aliphatic carbocycles. The Morgan fingerprint density at radius 3 is 2.60 bits per heavy atom. The molecule has 0 aromatic carbocycles. The monoisotopic (exact) mass is 212 g/mol. The molecule has 1 aliphatic rings. The highest BCUT2D eigenvalue weighted by Gasteiger charge is 2.22. The van der Waals surface area contributed by atoms with Crippen molar-refractivity contribution in [2.75, 3.05) is 13.1 Å². The Bertz CT molecular complexity index is 402. The van der Waals surface area contributed by atoms with Gasteiger partial charge in [-0.05, 0) is 31.3 Å². The number of nitrogens with one attached hydrogen (secondary N) is 3. The second-order valence-corrected chi connectivity index (χ2v) is 4.20. The summed E-state index contributed by atoms with van der Waals surface area (Å²) in [5.41, 5.74) is -0.699. The molecule has 1 aromatic rings. The SMILES string of the molecule is CC1CCNCC1Cn1c(=O)[nH][nH]c1=O. The van der Waals surface area contributed by atoms with E-state index in [0.29, 0.717) is 18.4 Å². The third-order valence-corrected chi connectivity index (χ3v) is 3.17. The molecule has 1 fully saturated rings. The molecule has 3 N–H and O–H groups in total. The second kappa shape index (κ2) is 4.06. The first-order chi connectivity index (χ1) is 7.18. The maximum absolute atomic E-state index is 11.3. The average Bonchev–Trinajstić information content (AvgIpc) is 2.53. The third-order valence-electron chi connectivity index (χ3n) is 3.17. The van der Waals surface area contributed by atoms with Crippen LogP contribution in [0.4, 0.5) is 0 Å². The van der Waals surface area contributed by atoms with E-state index >= 15 is 0 Å². The Morgan fingerprint density at radius 2 is 2.00 bits per heavy atom. The van der Waals surface area contributed by atoms with Gasteiger partial charge in [0.1, 0.15) is 0 Å². The molecule has 0 saturated carbocycles. The highest BCUT2D eigenvalue weighted by atomic mass is 16.2. The van der Waals surface area contributed by atoms with Crippen LogP contribution < -0.4 is 16.7 Å². The van der Waals surface area contributed by atoms with Crippen LogP contribution in [-0.4, -0.2) is 27.9 Å². The quantitative estimate of drug-likeness (QED) is 0.594. The van der Waals surface area contributed by atoms with Crippen LogP contribution in [-0.2, 0) is 6.54 Å². The molecule has 6 nitrogen and oxygen atoms in total. The van der Waals surface area contributed by atoms with Gasteiger partial charge >= 0.3 is 11.4 Å². The van der Waals surface area contributed by atoms with Gasteiger partial charge in [0.2, 0.25) is 0 Å². The zero-order valence-corrected chi connectivity index (χ0v) is 8.75. The molecule has 0 amide bonds. The molecule has 0 radical (unpaired) electrons. The number of nitrogens with zero attached hydrogens (tertiary/aromatic N) is 1. The molecule has 84 valence electrons. The van der Waals surface area contributed by atoms with Crippen molar-refractivity contribution in [1.29, 1.82) is 0 Å². The Hall–Kier alpha value is -1.30. The lowest BCUT2D eigenvalue weighted by molar-refractivity contribution is 0.242. The van der Waals surface area contributed by atoms with Crippen LogP contribution in [0, 0.1) is 11.8 Å². The summed E-state index contributed by atoms with van der Waals surface area (Å²) in [6.07, 6.45) is 1.10. The molecule has 1 saturated heterocycles. The van der Waals surface area contributed by atoms with Crippen LogP contribution in [0.1, 0.15) is 13.3 Å². The van der Waals surface area contributed by atoms with E-state index in [9.17, 15) is 9.59 Å². The summed E-state index contributed by atoms with van der Waals surface area (Å²) >= 11 is 0. The lowest BCUT2D eigenvalue weighted by Gasteiger charge is -2.29. The molecular formula is C9H16N4O2. The number of piperidine rings is 1. The molecule has 2 unspecified atom stereocenters. The largest absolute Gasteiger partial charge is 0.344 e. The van der Waals surface area contributed by atoms with Gasteiger partial charge in [-0.1, -0.05) is 6.92 Å². The Balaban J connectivity index is 2.14. The van der Waals surface area contributed by atoms with Crippen LogP contribution in [0.2, 0.25) is 0 Å². The molecule has 1 aromatic heterocycles. The minimum atomic E-state index is -0.349. The molecule has 1 aliphatic heterocycles. The maximum Gasteiger partial charge on any atom is 0.344 e. The summed E-state index contributed by atoms with van der Waals surface area (Å²) < 4.78 is 1.23. The highest BCUT2D eigenvalue weighted by molar-refractivity contribution is 4.77. The lowest BCUT2D eigenvalue weighted by atomic mass is 9.88. The van der Waals surface area contributed by atoms with Crippen molar-refractivity contribution in [2.45, 2.75) is 19.9 Å². The van der Waals surface area contributed by atoms with Crippen LogP contribution in [0.15, 0.2) is 9.59 Å². The minimum Gasteiger partial charge on any atom is -0.316 e. The van der Waals surface area contributed by atoms with E-state index in [-0.39, 0.29) is 11.4 Å². The van der Waals surface area contributed by atoms with Crippen molar-refractivity contribution in [3.8, 4) is 0 Å². The number of aromatic amines is 2. The van der Waals surface area contributed by atoms with E-state index in [2.05, 4.69) is 22.4 Å². The fraction of sp³-hybridized carbons (Fsp3) is 0.778. The van der Waals surface area contributed by atoms with Gasteiger partial charge in [0.05, 0.1) is 0 Å². The number of aromatic nitrogens is 3. The fourth-order valence-corrected chi connectivity index (χ4v) is 2.03. The van der Waals surface area contributed by atoms with Gasteiger partial charge in [-0.25, -0.2) is 24.4 Å². The molecule has 2 heterocycles. The van der Waals surface area contributed by atoms with Gasteiger partial charge in [0.15, 0.2) is 0 Å². The molecule has 15 heavy (non-hydrogen) atoms. The molecule has 6 heteroatoms. The van der Waals surface area contributed by atoms with Gasteiger partial charge in [-0.2, -0.15) is 0 Å². The Kier molecular flexibility index (Phi) is 2.77. The first-order valence-corrected chi connectivity index (χ1v) is 5.26. The van der Waals surface area contributed by atoms with Crippen molar-refractivity contribution in [2.24, 2.45) is 11.8 Å². The van der Waals surface area contributed by atoms with Gasteiger partial charge in [0, 0.05) is 6.54 Å². The van der Waals surface area contributed by atoms with E-state index in [1.54, 1.807) is 0 Å². The first kappa shape index (κ1) is 10.2. The van der Waals surface area contributed by atoms with Gasteiger partial charge < -0.3 is 5.32 Å². The number of rotatable bonds is 2. The van der Waals surface area contributed by atoms with E-state index in [1.807, 2.05) is 0 Å². The predicted octanol–water partition coefficient (Wildman–Crippen LogP) is -0.890. The zero-order chi connectivity index (χ0) is 10.8. The highest BCUT2D eigenvalue weighted by Crippen LogP contribution is 2.18. The second-order valence-electron chi connectivity index (χ2n) is 4.20. The molecule has 2 rings (SSSR count). The third kappa shape index (κ3) is 2.04. The van der Waals surface area contributed by atoms with Crippen LogP contribution in [0.5, 0.6) is 0 Å². The van der Waals surface area contributed by atoms with E-state index in [4.69, 9.17) is 0 Å². The lowest BCUT2D eigenvalue weighted by Crippen LogP contribution is -2.41. The van der Waals surface area contributed by atoms with Crippen molar-refractivity contribution >= 4 is 0 Å². The summed E-state index contributed by atoms with van der Waals surface area (Å²) in [6, 6.07) is 0. The summed E-state index contributed by atoms with van der Waals surface area (Å²) in [4.78, 5) is 22.6. The van der Waals surface area contributed by atoms with Gasteiger partial charge in [-0.3, -0.25) is 0 Å². The zero-order valence-electron chi connectivity index (χ0n) is 8.75. The van der Waals surface area contributed by atoms with E-state index in [1.165, 1.54) is 4.57 Å². The maximum atomic E-state index is 11.3. The summed E-state index contributed by atoms with van der Waals surface area (Å²) in [5.74, 6) is 0.904.